The van der Waals surface area contributed by atoms with E-state index in [0.29, 0.717) is 6.42 Å². The molecule has 0 radical (unpaired) electrons. The number of carboxylic acid groups (broad SMARTS) is 1. The summed E-state index contributed by atoms with van der Waals surface area (Å²) < 4.78 is 13.3. The SMILES string of the molecule is CCCCCCCCCC(F)C(C)C(=O)O. The molecule has 0 aliphatic heterocycles. The topological polar surface area (TPSA) is 37.3 Å². The lowest BCUT2D eigenvalue weighted by Gasteiger charge is -2.11. The molecule has 0 aromatic carbocycles. The molecular weight excluding hydrogens is 207 g/mol. The highest BCUT2D eigenvalue weighted by Gasteiger charge is 2.22. The molecule has 1 N–H and O–H groups in total. The van der Waals surface area contributed by atoms with Crippen molar-refractivity contribution in [2.45, 2.75) is 71.4 Å². The summed E-state index contributed by atoms with van der Waals surface area (Å²) in [5.41, 5.74) is 0. The van der Waals surface area contributed by atoms with E-state index in [1.807, 2.05) is 0 Å². The van der Waals surface area contributed by atoms with Crippen molar-refractivity contribution >= 4 is 5.97 Å². The van der Waals surface area contributed by atoms with Crippen LogP contribution < -0.4 is 0 Å². The van der Waals surface area contributed by atoms with Crippen molar-refractivity contribution in [2.75, 3.05) is 0 Å². The van der Waals surface area contributed by atoms with E-state index in [4.69, 9.17) is 5.11 Å². The molecule has 2 nitrogen and oxygen atoms in total. The van der Waals surface area contributed by atoms with Gasteiger partial charge in [0.25, 0.3) is 0 Å². The first-order valence-electron chi connectivity index (χ1n) is 6.46. The molecule has 96 valence electrons. The number of halogens is 1. The van der Waals surface area contributed by atoms with Gasteiger partial charge in [0.15, 0.2) is 0 Å². The predicted molar refractivity (Wildman–Crippen MR) is 64.3 cm³/mol. The number of aliphatic carboxylic acids is 1. The molecule has 0 aliphatic rings. The third kappa shape index (κ3) is 7.66. The summed E-state index contributed by atoms with van der Waals surface area (Å²) in [6, 6.07) is 0. The van der Waals surface area contributed by atoms with Crippen LogP contribution in [0.1, 0.15) is 65.2 Å². The van der Waals surface area contributed by atoms with Gasteiger partial charge in [-0.1, -0.05) is 51.9 Å². The molecule has 2 atom stereocenters. The van der Waals surface area contributed by atoms with E-state index in [2.05, 4.69) is 6.92 Å². The Morgan fingerprint density at radius 2 is 1.62 bits per heavy atom. The molecule has 2 unspecified atom stereocenters. The molecule has 0 saturated heterocycles. The van der Waals surface area contributed by atoms with Crippen LogP contribution in [0.2, 0.25) is 0 Å². The quantitative estimate of drug-likeness (QED) is 0.573. The van der Waals surface area contributed by atoms with Gasteiger partial charge >= 0.3 is 5.97 Å². The van der Waals surface area contributed by atoms with Crippen LogP contribution in [-0.4, -0.2) is 17.2 Å². The minimum Gasteiger partial charge on any atom is -0.481 e. The lowest BCUT2D eigenvalue weighted by Crippen LogP contribution is -2.21. The Labute approximate surface area is 98.2 Å². The summed E-state index contributed by atoms with van der Waals surface area (Å²) in [6.07, 6.45) is 7.19. The summed E-state index contributed by atoms with van der Waals surface area (Å²) >= 11 is 0. The molecule has 0 aromatic heterocycles. The number of hydrogen-bond donors (Lipinski definition) is 1. The van der Waals surface area contributed by atoms with Crippen LogP contribution in [0.3, 0.4) is 0 Å². The zero-order valence-electron chi connectivity index (χ0n) is 10.5. The maximum absolute atomic E-state index is 13.3. The highest BCUT2D eigenvalue weighted by atomic mass is 19.1. The molecule has 0 bridgehead atoms. The molecule has 3 heteroatoms. The number of alkyl halides is 1. The molecule has 0 amide bonds. The van der Waals surface area contributed by atoms with Crippen molar-refractivity contribution in [2.24, 2.45) is 5.92 Å². The fourth-order valence-electron chi connectivity index (χ4n) is 1.70. The van der Waals surface area contributed by atoms with Crippen molar-refractivity contribution in [1.82, 2.24) is 0 Å². The zero-order valence-corrected chi connectivity index (χ0v) is 10.5. The molecule has 0 spiro atoms. The molecule has 0 fully saturated rings. The van der Waals surface area contributed by atoms with Gasteiger partial charge in [-0.05, 0) is 13.3 Å². The Morgan fingerprint density at radius 3 is 2.12 bits per heavy atom. The minimum atomic E-state index is -1.19. The van der Waals surface area contributed by atoms with E-state index in [-0.39, 0.29) is 0 Å². The Morgan fingerprint density at radius 1 is 1.12 bits per heavy atom. The van der Waals surface area contributed by atoms with Crippen molar-refractivity contribution in [1.29, 1.82) is 0 Å². The third-order valence-corrected chi connectivity index (χ3v) is 3.02. The smallest absolute Gasteiger partial charge is 0.309 e. The highest BCUT2D eigenvalue weighted by molar-refractivity contribution is 5.70. The Bertz CT molecular complexity index is 183. The van der Waals surface area contributed by atoms with Crippen LogP contribution in [0.25, 0.3) is 0 Å². The monoisotopic (exact) mass is 232 g/mol. The molecule has 0 saturated carbocycles. The van der Waals surface area contributed by atoms with E-state index in [9.17, 15) is 9.18 Å². The molecule has 0 aliphatic carbocycles. The Balaban J connectivity index is 3.34. The van der Waals surface area contributed by atoms with Gasteiger partial charge in [-0.25, -0.2) is 4.39 Å². The van der Waals surface area contributed by atoms with Gasteiger partial charge in [-0.15, -0.1) is 0 Å². The first-order valence-corrected chi connectivity index (χ1v) is 6.46. The minimum absolute atomic E-state index is 0.390. The zero-order chi connectivity index (χ0) is 12.4. The summed E-state index contributed by atoms with van der Waals surface area (Å²) in [5.74, 6) is -1.89. The summed E-state index contributed by atoms with van der Waals surface area (Å²) in [6.45, 7) is 3.62. The van der Waals surface area contributed by atoms with Crippen LogP contribution >= 0.6 is 0 Å². The molecule has 16 heavy (non-hydrogen) atoms. The third-order valence-electron chi connectivity index (χ3n) is 3.02. The maximum Gasteiger partial charge on any atom is 0.309 e. The van der Waals surface area contributed by atoms with Crippen LogP contribution in [0.15, 0.2) is 0 Å². The summed E-state index contributed by atoms with van der Waals surface area (Å²) in [4.78, 5) is 10.5. The molecular formula is C13H25FO2. The number of rotatable bonds is 10. The van der Waals surface area contributed by atoms with Gasteiger partial charge in [-0.2, -0.15) is 0 Å². The van der Waals surface area contributed by atoms with Crippen molar-refractivity contribution in [3.05, 3.63) is 0 Å². The standard InChI is InChI=1S/C13H25FO2/c1-3-4-5-6-7-8-9-10-12(14)11(2)13(15)16/h11-12H,3-10H2,1-2H3,(H,15,16). The fraction of sp³-hybridized carbons (Fsp3) is 0.923. The highest BCUT2D eigenvalue weighted by Crippen LogP contribution is 2.16. The van der Waals surface area contributed by atoms with Gasteiger partial charge in [0.2, 0.25) is 0 Å². The van der Waals surface area contributed by atoms with Crippen LogP contribution in [0.4, 0.5) is 4.39 Å². The van der Waals surface area contributed by atoms with Gasteiger partial charge in [0, 0.05) is 0 Å². The molecule has 0 rings (SSSR count). The second-order valence-electron chi connectivity index (χ2n) is 4.55. The predicted octanol–water partition coefficient (Wildman–Crippen LogP) is 4.19. The number of carboxylic acids is 1. The van der Waals surface area contributed by atoms with Crippen molar-refractivity contribution in [3.8, 4) is 0 Å². The van der Waals surface area contributed by atoms with Gasteiger partial charge < -0.3 is 5.11 Å². The van der Waals surface area contributed by atoms with Gasteiger partial charge in [0.05, 0.1) is 5.92 Å². The van der Waals surface area contributed by atoms with E-state index >= 15 is 0 Å². The van der Waals surface area contributed by atoms with Gasteiger partial charge in [0.1, 0.15) is 6.17 Å². The second-order valence-corrected chi connectivity index (χ2v) is 4.55. The maximum atomic E-state index is 13.3. The first-order chi connectivity index (χ1) is 7.59. The van der Waals surface area contributed by atoms with Crippen LogP contribution in [0, 0.1) is 5.92 Å². The Kier molecular flexibility index (Phi) is 9.25. The van der Waals surface area contributed by atoms with Crippen molar-refractivity contribution in [3.63, 3.8) is 0 Å². The van der Waals surface area contributed by atoms with E-state index in [0.717, 1.165) is 19.3 Å². The van der Waals surface area contributed by atoms with Crippen molar-refractivity contribution < 1.29 is 14.3 Å². The lowest BCUT2D eigenvalue weighted by atomic mass is 10.00. The molecule has 0 heterocycles. The number of carbonyl (C=O) groups is 1. The average Bonchev–Trinajstić information content (AvgIpc) is 2.26. The van der Waals surface area contributed by atoms with E-state index in [1.165, 1.54) is 32.6 Å². The van der Waals surface area contributed by atoms with E-state index in [1.54, 1.807) is 0 Å². The normalized spacial score (nSPS) is 14.7. The summed E-state index contributed by atoms with van der Waals surface area (Å²) in [7, 11) is 0. The number of unbranched alkanes of at least 4 members (excludes halogenated alkanes) is 6. The Hall–Kier alpha value is -0.600. The fourth-order valence-corrected chi connectivity index (χ4v) is 1.70. The molecule has 0 aromatic rings. The first kappa shape index (κ1) is 15.4. The van der Waals surface area contributed by atoms with E-state index < -0.39 is 18.1 Å². The van der Waals surface area contributed by atoms with Gasteiger partial charge in [-0.3, -0.25) is 4.79 Å². The largest absolute Gasteiger partial charge is 0.481 e. The van der Waals surface area contributed by atoms with Crippen LogP contribution in [-0.2, 0) is 4.79 Å². The number of hydrogen-bond acceptors (Lipinski definition) is 1. The van der Waals surface area contributed by atoms with Crippen LogP contribution in [0.5, 0.6) is 0 Å². The lowest BCUT2D eigenvalue weighted by molar-refractivity contribution is -0.143. The second kappa shape index (κ2) is 9.61. The average molecular weight is 232 g/mol. The summed E-state index contributed by atoms with van der Waals surface area (Å²) in [5, 5.41) is 8.61.